The van der Waals surface area contributed by atoms with Crippen molar-refractivity contribution in [2.24, 2.45) is 5.92 Å². The third-order valence-corrected chi connectivity index (χ3v) is 8.10. The Morgan fingerprint density at radius 3 is 2.63 bits per heavy atom. The zero-order chi connectivity index (χ0) is 26.1. The van der Waals surface area contributed by atoms with Gasteiger partial charge in [-0.3, -0.25) is 14.6 Å². The summed E-state index contributed by atoms with van der Waals surface area (Å²) in [5, 5.41) is 13.6. The molecular formula is C27H28ClN5O4S. The van der Waals surface area contributed by atoms with E-state index in [1.807, 2.05) is 23.7 Å². The lowest BCUT2D eigenvalue weighted by Crippen LogP contribution is -2.43. The highest BCUT2D eigenvalue weighted by Crippen LogP contribution is 2.40. The molecule has 1 saturated heterocycles. The Balaban J connectivity index is 1.20. The zero-order valence-electron chi connectivity index (χ0n) is 20.7. The molecule has 1 saturated carbocycles. The van der Waals surface area contributed by atoms with Gasteiger partial charge in [-0.1, -0.05) is 11.6 Å². The number of aromatic nitrogens is 2. The second-order valence-electron chi connectivity index (χ2n) is 9.83. The average Bonchev–Trinajstić information content (AvgIpc) is 3.68. The molecule has 11 heteroatoms. The van der Waals surface area contributed by atoms with Crippen molar-refractivity contribution < 1.29 is 19.1 Å². The smallest absolute Gasteiger partial charge is 0.309 e. The molecule has 3 N–H and O–H groups in total. The molecule has 198 valence electrons. The number of anilines is 2. The average molecular weight is 554 g/mol. The Morgan fingerprint density at radius 1 is 1.08 bits per heavy atom. The van der Waals surface area contributed by atoms with Gasteiger partial charge in [0.2, 0.25) is 0 Å². The zero-order valence-corrected chi connectivity index (χ0v) is 22.3. The summed E-state index contributed by atoms with van der Waals surface area (Å²) in [5.74, 6) is -1.66. The van der Waals surface area contributed by atoms with Crippen LogP contribution >= 0.6 is 22.9 Å². The molecule has 3 aliphatic rings. The van der Waals surface area contributed by atoms with Crippen LogP contribution in [0.4, 0.5) is 10.8 Å². The fourth-order valence-corrected chi connectivity index (χ4v) is 5.74. The maximum Gasteiger partial charge on any atom is 0.309 e. The van der Waals surface area contributed by atoms with Gasteiger partial charge in [-0.2, -0.15) is 0 Å². The van der Waals surface area contributed by atoms with Crippen LogP contribution in [-0.4, -0.2) is 41.5 Å². The molecule has 4 heterocycles. The van der Waals surface area contributed by atoms with E-state index in [0.717, 1.165) is 40.1 Å². The third kappa shape index (κ3) is 5.34. The number of benzene rings is 1. The Bertz CT molecular complexity index is 1340. The molecule has 0 unspecified atom stereocenters. The number of fused-ring (bicyclic) bond motifs is 2. The fourth-order valence-electron chi connectivity index (χ4n) is 4.77. The second-order valence-corrected chi connectivity index (χ2v) is 11.1. The fraction of sp³-hybridized carbons (Fsp3) is 0.407. The molecule has 2 aliphatic heterocycles. The molecule has 0 amide bonds. The molecule has 1 aliphatic carbocycles. The lowest BCUT2D eigenvalue weighted by Gasteiger charge is -2.32. The van der Waals surface area contributed by atoms with Crippen molar-refractivity contribution in [1.29, 1.82) is 0 Å². The minimum Gasteiger partial charge on any atom is -0.416 e. The molecule has 0 radical (unpaired) electrons. The van der Waals surface area contributed by atoms with Crippen LogP contribution in [0.15, 0.2) is 35.8 Å². The quantitative estimate of drug-likeness (QED) is 0.364. The molecule has 3 aromatic rings. The standard InChI is InChI=1S/C27H28ClN5O4S/c28-21-6-5-20-19(9-10-29-15-27(20)36-23(34)7-8-24(35)37-27)25(21)31-13-18-4-3-17(12-30-18)22-14-38-26(33-22)32-11-16-1-2-16/h3-6,12,14,16,29,31H,1-2,7-11,13,15H2,(H,32,33). The Hall–Kier alpha value is -3.21. The first-order valence-corrected chi connectivity index (χ1v) is 14.1. The first-order valence-electron chi connectivity index (χ1n) is 12.8. The number of thiazole rings is 1. The summed E-state index contributed by atoms with van der Waals surface area (Å²) in [6, 6.07) is 7.49. The van der Waals surface area contributed by atoms with Gasteiger partial charge in [0.15, 0.2) is 5.13 Å². The van der Waals surface area contributed by atoms with Gasteiger partial charge >= 0.3 is 11.9 Å². The summed E-state index contributed by atoms with van der Waals surface area (Å²) >= 11 is 8.23. The van der Waals surface area contributed by atoms with Crippen molar-refractivity contribution in [1.82, 2.24) is 15.3 Å². The van der Waals surface area contributed by atoms with Crippen LogP contribution in [-0.2, 0) is 37.8 Å². The van der Waals surface area contributed by atoms with Gasteiger partial charge in [0, 0.05) is 29.2 Å². The molecule has 1 aromatic carbocycles. The molecule has 0 atom stereocenters. The van der Waals surface area contributed by atoms with Gasteiger partial charge in [-0.15, -0.1) is 11.3 Å². The normalized spacial score (nSPS) is 18.7. The van der Waals surface area contributed by atoms with E-state index in [2.05, 4.69) is 25.9 Å². The first-order chi connectivity index (χ1) is 18.5. The number of halogens is 1. The molecule has 38 heavy (non-hydrogen) atoms. The van der Waals surface area contributed by atoms with E-state index < -0.39 is 17.7 Å². The maximum absolute atomic E-state index is 12.3. The van der Waals surface area contributed by atoms with Gasteiger partial charge in [0.25, 0.3) is 5.79 Å². The summed E-state index contributed by atoms with van der Waals surface area (Å²) in [6.45, 7) is 2.21. The van der Waals surface area contributed by atoms with E-state index in [1.54, 1.807) is 23.5 Å². The van der Waals surface area contributed by atoms with Gasteiger partial charge in [0.05, 0.1) is 48.0 Å². The van der Waals surface area contributed by atoms with Gasteiger partial charge < -0.3 is 25.4 Å². The topological polar surface area (TPSA) is 114 Å². The van der Waals surface area contributed by atoms with Crippen LogP contribution in [0.2, 0.25) is 5.02 Å². The van der Waals surface area contributed by atoms with Crippen LogP contribution in [0.5, 0.6) is 0 Å². The number of ether oxygens (including phenoxy) is 2. The number of nitrogens with zero attached hydrogens (tertiary/aromatic N) is 2. The molecule has 6 rings (SSSR count). The summed E-state index contributed by atoms with van der Waals surface area (Å²) in [4.78, 5) is 34.0. The summed E-state index contributed by atoms with van der Waals surface area (Å²) in [5.41, 5.74) is 4.87. The van der Waals surface area contributed by atoms with Crippen molar-refractivity contribution in [3.05, 3.63) is 57.7 Å². The maximum atomic E-state index is 12.3. The first kappa shape index (κ1) is 25.1. The molecule has 1 spiro atoms. The van der Waals surface area contributed by atoms with E-state index in [-0.39, 0.29) is 19.4 Å². The van der Waals surface area contributed by atoms with E-state index in [9.17, 15) is 9.59 Å². The van der Waals surface area contributed by atoms with Crippen LogP contribution in [0.1, 0.15) is 42.5 Å². The van der Waals surface area contributed by atoms with Crippen LogP contribution < -0.4 is 16.0 Å². The van der Waals surface area contributed by atoms with Crippen LogP contribution in [0, 0.1) is 5.92 Å². The monoisotopic (exact) mass is 553 g/mol. The minimum atomic E-state index is -1.52. The number of hydrogen-bond donors (Lipinski definition) is 3. The number of nitrogens with one attached hydrogen (secondary N) is 3. The van der Waals surface area contributed by atoms with Crippen molar-refractivity contribution in [3.63, 3.8) is 0 Å². The number of carbonyl (C=O) groups excluding carboxylic acids is 2. The lowest BCUT2D eigenvalue weighted by molar-refractivity contribution is -0.225. The Kier molecular flexibility index (Phi) is 6.94. The lowest BCUT2D eigenvalue weighted by atomic mass is 9.96. The SMILES string of the molecule is O=C1CCC(=O)OC2(CNCCc3c2ccc(Cl)c3NCc2ccc(-c3csc(NCC4CC4)n3)cn2)O1. The number of pyridine rings is 1. The summed E-state index contributed by atoms with van der Waals surface area (Å²) < 4.78 is 11.4. The molecule has 9 nitrogen and oxygen atoms in total. The van der Waals surface area contributed by atoms with E-state index >= 15 is 0 Å². The summed E-state index contributed by atoms with van der Waals surface area (Å²) in [6.07, 6.45) is 5.04. The number of carbonyl (C=O) groups is 2. The third-order valence-electron chi connectivity index (χ3n) is 6.98. The number of hydrogen-bond acceptors (Lipinski definition) is 10. The minimum absolute atomic E-state index is 0.00449. The predicted octanol–water partition coefficient (Wildman–Crippen LogP) is 4.47. The molecule has 2 fully saturated rings. The van der Waals surface area contributed by atoms with Crippen molar-refractivity contribution in [2.45, 2.75) is 44.4 Å². The van der Waals surface area contributed by atoms with Crippen LogP contribution in [0.3, 0.4) is 0 Å². The molecular weight excluding hydrogens is 526 g/mol. The van der Waals surface area contributed by atoms with E-state index in [4.69, 9.17) is 21.1 Å². The number of esters is 2. The second kappa shape index (κ2) is 10.5. The number of rotatable bonds is 7. The van der Waals surface area contributed by atoms with E-state index in [1.165, 1.54) is 12.8 Å². The van der Waals surface area contributed by atoms with Crippen molar-refractivity contribution >= 4 is 45.7 Å². The van der Waals surface area contributed by atoms with Crippen molar-refractivity contribution in [2.75, 3.05) is 30.3 Å². The van der Waals surface area contributed by atoms with Crippen LogP contribution in [0.25, 0.3) is 11.3 Å². The highest BCUT2D eigenvalue weighted by molar-refractivity contribution is 7.14. The molecule has 0 bridgehead atoms. The largest absolute Gasteiger partial charge is 0.416 e. The highest BCUT2D eigenvalue weighted by atomic mass is 35.5. The molecule has 2 aromatic heterocycles. The van der Waals surface area contributed by atoms with E-state index in [0.29, 0.717) is 35.8 Å². The van der Waals surface area contributed by atoms with Gasteiger partial charge in [-0.25, -0.2) is 4.98 Å². The Labute approximate surface area is 229 Å². The summed E-state index contributed by atoms with van der Waals surface area (Å²) in [7, 11) is 0. The van der Waals surface area contributed by atoms with Gasteiger partial charge in [-0.05, 0) is 61.6 Å². The Morgan fingerprint density at radius 2 is 1.89 bits per heavy atom. The highest BCUT2D eigenvalue weighted by Gasteiger charge is 2.46. The predicted molar refractivity (Wildman–Crippen MR) is 145 cm³/mol. The van der Waals surface area contributed by atoms with Gasteiger partial charge in [0.1, 0.15) is 0 Å². The van der Waals surface area contributed by atoms with Crippen molar-refractivity contribution in [3.8, 4) is 11.3 Å².